The summed E-state index contributed by atoms with van der Waals surface area (Å²) in [5, 5.41) is 0. The lowest BCUT2D eigenvalue weighted by Gasteiger charge is -2.28. The highest BCUT2D eigenvalue weighted by Gasteiger charge is 2.25. The zero-order valence-corrected chi connectivity index (χ0v) is 10.5. The summed E-state index contributed by atoms with van der Waals surface area (Å²) in [7, 11) is 1.63. The number of carbonyl (C=O) groups is 1. The molecule has 1 saturated heterocycles. The lowest BCUT2D eigenvalue weighted by molar-refractivity contribution is -0.140. The molecular formula is C11H20ClNO3. The molecule has 16 heavy (non-hydrogen) atoms. The maximum Gasteiger partial charge on any atom is 0.228 e. The maximum absolute atomic E-state index is 12.1. The molecule has 0 saturated carbocycles. The molecule has 0 aliphatic carbocycles. The Bertz CT molecular complexity index is 207. The number of hydrogen-bond donors (Lipinski definition) is 0. The van der Waals surface area contributed by atoms with Gasteiger partial charge in [0, 0.05) is 32.7 Å². The van der Waals surface area contributed by atoms with Gasteiger partial charge in [-0.25, -0.2) is 0 Å². The normalized spacial score (nSPS) is 20.8. The third-order valence-corrected chi connectivity index (χ3v) is 2.91. The van der Waals surface area contributed by atoms with Crippen molar-refractivity contribution in [1.29, 1.82) is 0 Å². The fourth-order valence-electron chi connectivity index (χ4n) is 1.83. The summed E-state index contributed by atoms with van der Waals surface area (Å²) in [6, 6.07) is 0. The van der Waals surface area contributed by atoms with Crippen LogP contribution in [0.3, 0.4) is 0 Å². The molecule has 5 heteroatoms. The van der Waals surface area contributed by atoms with Crippen LogP contribution in [0.2, 0.25) is 0 Å². The molecule has 4 nitrogen and oxygen atoms in total. The van der Waals surface area contributed by atoms with Gasteiger partial charge in [-0.1, -0.05) is 0 Å². The van der Waals surface area contributed by atoms with Crippen LogP contribution in [0.25, 0.3) is 0 Å². The van der Waals surface area contributed by atoms with Crippen LogP contribution < -0.4 is 0 Å². The van der Waals surface area contributed by atoms with Gasteiger partial charge in [-0.2, -0.15) is 0 Å². The van der Waals surface area contributed by atoms with Gasteiger partial charge in [0.2, 0.25) is 5.91 Å². The van der Waals surface area contributed by atoms with Crippen molar-refractivity contribution in [2.75, 3.05) is 45.9 Å². The van der Waals surface area contributed by atoms with Gasteiger partial charge < -0.3 is 14.4 Å². The van der Waals surface area contributed by atoms with E-state index in [1.807, 2.05) is 0 Å². The van der Waals surface area contributed by atoms with Gasteiger partial charge in [-0.3, -0.25) is 4.79 Å². The van der Waals surface area contributed by atoms with Crippen LogP contribution in [0.5, 0.6) is 0 Å². The van der Waals surface area contributed by atoms with Crippen LogP contribution in [0.4, 0.5) is 0 Å². The lowest BCUT2D eigenvalue weighted by Crippen LogP contribution is -2.42. The number of halogens is 1. The molecule has 0 bridgehead atoms. The minimum atomic E-state index is 0.00817. The van der Waals surface area contributed by atoms with Crippen LogP contribution in [0.1, 0.15) is 12.8 Å². The van der Waals surface area contributed by atoms with Crippen molar-refractivity contribution in [3.8, 4) is 0 Å². The summed E-state index contributed by atoms with van der Waals surface area (Å²) < 4.78 is 10.3. The van der Waals surface area contributed by atoms with E-state index in [2.05, 4.69) is 0 Å². The largest absolute Gasteiger partial charge is 0.383 e. The first-order valence-corrected chi connectivity index (χ1v) is 6.24. The summed E-state index contributed by atoms with van der Waals surface area (Å²) in [6.45, 7) is 3.07. The van der Waals surface area contributed by atoms with E-state index in [0.29, 0.717) is 32.2 Å². The molecule has 1 aliphatic rings. The Morgan fingerprint density at radius 3 is 2.94 bits per heavy atom. The van der Waals surface area contributed by atoms with E-state index in [-0.39, 0.29) is 11.8 Å². The molecule has 1 rings (SSSR count). The standard InChI is InChI=1S/C11H20ClNO3/c1-15-8-6-13(5-4-12)11(14)10-3-2-7-16-9-10/h10H,2-9H2,1H3. The van der Waals surface area contributed by atoms with Gasteiger partial charge in [0.1, 0.15) is 0 Å². The van der Waals surface area contributed by atoms with Gasteiger partial charge in [0.05, 0.1) is 19.1 Å². The summed E-state index contributed by atoms with van der Waals surface area (Å²) in [5.41, 5.74) is 0. The molecule has 0 aromatic heterocycles. The first-order valence-electron chi connectivity index (χ1n) is 5.71. The predicted octanol–water partition coefficient (Wildman–Crippen LogP) is 1.13. The van der Waals surface area contributed by atoms with Crippen LogP contribution in [-0.4, -0.2) is 56.7 Å². The van der Waals surface area contributed by atoms with Crippen molar-refractivity contribution in [3.63, 3.8) is 0 Å². The number of methoxy groups -OCH3 is 1. The highest BCUT2D eigenvalue weighted by molar-refractivity contribution is 6.18. The third-order valence-electron chi connectivity index (χ3n) is 2.74. The molecule has 0 aromatic rings. The van der Waals surface area contributed by atoms with Gasteiger partial charge in [0.15, 0.2) is 0 Å². The van der Waals surface area contributed by atoms with E-state index in [1.54, 1.807) is 12.0 Å². The van der Waals surface area contributed by atoms with Crippen LogP contribution in [0, 0.1) is 5.92 Å². The van der Waals surface area contributed by atoms with Crippen LogP contribution in [-0.2, 0) is 14.3 Å². The van der Waals surface area contributed by atoms with Crippen molar-refractivity contribution in [2.45, 2.75) is 12.8 Å². The Morgan fingerprint density at radius 1 is 1.56 bits per heavy atom. The Hall–Kier alpha value is -0.320. The molecule has 1 amide bonds. The number of amides is 1. The molecule has 0 radical (unpaired) electrons. The van der Waals surface area contributed by atoms with Crippen molar-refractivity contribution in [3.05, 3.63) is 0 Å². The molecular weight excluding hydrogens is 230 g/mol. The molecule has 1 fully saturated rings. The molecule has 1 unspecified atom stereocenters. The topological polar surface area (TPSA) is 38.8 Å². The highest BCUT2D eigenvalue weighted by atomic mass is 35.5. The molecule has 94 valence electrons. The van der Waals surface area contributed by atoms with Gasteiger partial charge in [-0.15, -0.1) is 11.6 Å². The van der Waals surface area contributed by atoms with Gasteiger partial charge >= 0.3 is 0 Å². The Kier molecular flexibility index (Phi) is 6.76. The Labute approximate surface area is 102 Å². The summed E-state index contributed by atoms with van der Waals surface area (Å²) in [6.07, 6.45) is 1.89. The van der Waals surface area contributed by atoms with Crippen molar-refractivity contribution in [1.82, 2.24) is 4.90 Å². The lowest BCUT2D eigenvalue weighted by atomic mass is 10.0. The molecule has 1 heterocycles. The summed E-state index contributed by atoms with van der Waals surface area (Å²) >= 11 is 5.69. The SMILES string of the molecule is COCCN(CCCl)C(=O)C1CCCOC1. The number of nitrogens with zero attached hydrogens (tertiary/aromatic N) is 1. The van der Waals surface area contributed by atoms with E-state index >= 15 is 0 Å². The van der Waals surface area contributed by atoms with E-state index in [9.17, 15) is 4.79 Å². The van der Waals surface area contributed by atoms with Gasteiger partial charge in [-0.05, 0) is 12.8 Å². The number of alkyl halides is 1. The number of ether oxygens (including phenoxy) is 2. The monoisotopic (exact) mass is 249 g/mol. The second-order valence-electron chi connectivity index (χ2n) is 3.92. The third kappa shape index (κ3) is 4.28. The molecule has 0 aromatic carbocycles. The molecule has 0 N–H and O–H groups in total. The first-order chi connectivity index (χ1) is 7.79. The summed E-state index contributed by atoms with van der Waals surface area (Å²) in [5.74, 6) is 0.620. The molecule has 1 atom stereocenters. The van der Waals surface area contributed by atoms with E-state index in [0.717, 1.165) is 19.4 Å². The number of rotatable bonds is 6. The fourth-order valence-corrected chi connectivity index (χ4v) is 2.03. The average molecular weight is 250 g/mol. The zero-order valence-electron chi connectivity index (χ0n) is 9.78. The van der Waals surface area contributed by atoms with Crippen molar-refractivity contribution >= 4 is 17.5 Å². The Morgan fingerprint density at radius 2 is 2.38 bits per heavy atom. The molecule has 0 spiro atoms. The van der Waals surface area contributed by atoms with E-state index in [4.69, 9.17) is 21.1 Å². The van der Waals surface area contributed by atoms with Crippen LogP contribution >= 0.6 is 11.6 Å². The highest BCUT2D eigenvalue weighted by Crippen LogP contribution is 2.16. The minimum Gasteiger partial charge on any atom is -0.383 e. The summed E-state index contributed by atoms with van der Waals surface area (Å²) in [4.78, 5) is 13.9. The number of hydrogen-bond acceptors (Lipinski definition) is 3. The smallest absolute Gasteiger partial charge is 0.228 e. The van der Waals surface area contributed by atoms with Crippen molar-refractivity contribution in [2.24, 2.45) is 5.92 Å². The first kappa shape index (κ1) is 13.7. The average Bonchev–Trinajstić information content (AvgIpc) is 2.35. The Balaban J connectivity index is 2.44. The van der Waals surface area contributed by atoms with E-state index < -0.39 is 0 Å². The predicted molar refractivity (Wildman–Crippen MR) is 62.7 cm³/mol. The fraction of sp³-hybridized carbons (Fsp3) is 0.909. The zero-order chi connectivity index (χ0) is 11.8. The van der Waals surface area contributed by atoms with Gasteiger partial charge in [0.25, 0.3) is 0 Å². The van der Waals surface area contributed by atoms with E-state index in [1.165, 1.54) is 0 Å². The molecule has 1 aliphatic heterocycles. The minimum absolute atomic E-state index is 0.00817. The van der Waals surface area contributed by atoms with Crippen molar-refractivity contribution < 1.29 is 14.3 Å². The second kappa shape index (κ2) is 7.87. The second-order valence-corrected chi connectivity index (χ2v) is 4.30. The number of carbonyl (C=O) groups excluding carboxylic acids is 1. The maximum atomic E-state index is 12.1. The van der Waals surface area contributed by atoms with Crippen LogP contribution in [0.15, 0.2) is 0 Å². The quantitative estimate of drug-likeness (QED) is 0.663.